The van der Waals surface area contributed by atoms with Crippen LogP contribution in [0.5, 0.6) is 0 Å². The third kappa shape index (κ3) is 7.18. The highest BCUT2D eigenvalue weighted by atomic mass is 16.1. The van der Waals surface area contributed by atoms with Gasteiger partial charge in [0.1, 0.15) is 0 Å². The Kier molecular flexibility index (Phi) is 8.06. The number of nitrogens with zero attached hydrogens (tertiary/aromatic N) is 1. The molecule has 0 N–H and O–H groups in total. The van der Waals surface area contributed by atoms with Crippen molar-refractivity contribution in [1.82, 2.24) is 4.90 Å². The van der Waals surface area contributed by atoms with Crippen LogP contribution in [0, 0.1) is 11.8 Å². The first-order valence-electron chi connectivity index (χ1n) is 5.97. The van der Waals surface area contributed by atoms with Crippen molar-refractivity contribution >= 4 is 6.41 Å². The first-order chi connectivity index (χ1) is 7.13. The molecule has 0 aromatic carbocycles. The lowest BCUT2D eigenvalue weighted by Crippen LogP contribution is -2.18. The van der Waals surface area contributed by atoms with Gasteiger partial charge in [0.15, 0.2) is 0 Å². The second kappa shape index (κ2) is 8.51. The molecule has 0 saturated heterocycles. The summed E-state index contributed by atoms with van der Waals surface area (Å²) in [4.78, 5) is 12.1. The molecule has 88 valence electrons. The van der Waals surface area contributed by atoms with Gasteiger partial charge in [-0.2, -0.15) is 0 Å². The molecule has 0 aromatic rings. The Balaban J connectivity index is 3.68. The Hall–Kier alpha value is -0.790. The van der Waals surface area contributed by atoms with Gasteiger partial charge in [0.05, 0.1) is 0 Å². The van der Waals surface area contributed by atoms with Crippen LogP contribution >= 0.6 is 0 Å². The summed E-state index contributed by atoms with van der Waals surface area (Å²) in [6, 6.07) is 0. The molecule has 0 aromatic heterocycles. The first-order valence-corrected chi connectivity index (χ1v) is 5.97. The molecule has 0 bridgehead atoms. The van der Waals surface area contributed by atoms with Gasteiger partial charge in [-0.3, -0.25) is 4.79 Å². The second-order valence-corrected chi connectivity index (χ2v) is 4.55. The van der Waals surface area contributed by atoms with Crippen LogP contribution in [0.1, 0.15) is 46.5 Å². The van der Waals surface area contributed by atoms with Crippen LogP contribution in [0.4, 0.5) is 0 Å². The fraction of sp³-hybridized carbons (Fsp3) is 0.769. The Labute approximate surface area is 94.4 Å². The Morgan fingerprint density at radius 2 is 1.87 bits per heavy atom. The Bertz CT molecular complexity index is 171. The summed E-state index contributed by atoms with van der Waals surface area (Å²) in [6.45, 7) is 11.2. The van der Waals surface area contributed by atoms with E-state index >= 15 is 0 Å². The molecule has 2 heteroatoms. The van der Waals surface area contributed by atoms with Gasteiger partial charge in [0.2, 0.25) is 6.41 Å². The lowest BCUT2D eigenvalue weighted by Gasteiger charge is -2.19. The van der Waals surface area contributed by atoms with Crippen LogP contribution in [0.25, 0.3) is 0 Å². The van der Waals surface area contributed by atoms with Crippen molar-refractivity contribution in [2.24, 2.45) is 11.8 Å². The zero-order valence-electron chi connectivity index (χ0n) is 10.4. The maximum atomic E-state index is 10.5. The maximum Gasteiger partial charge on any atom is 0.213 e. The number of carbonyl (C=O) groups excluding carboxylic acids is 1. The second-order valence-electron chi connectivity index (χ2n) is 4.55. The molecular formula is C13H25NO. The molecule has 0 heterocycles. The lowest BCUT2D eigenvalue weighted by atomic mass is 9.92. The van der Waals surface area contributed by atoms with E-state index in [1.807, 2.05) is 0 Å². The van der Waals surface area contributed by atoms with Crippen LogP contribution in [0.3, 0.4) is 0 Å². The van der Waals surface area contributed by atoms with E-state index in [4.69, 9.17) is 0 Å². The van der Waals surface area contributed by atoms with Crippen molar-refractivity contribution in [1.29, 1.82) is 0 Å². The highest BCUT2D eigenvalue weighted by Crippen LogP contribution is 2.19. The van der Waals surface area contributed by atoms with E-state index in [0.29, 0.717) is 5.92 Å². The van der Waals surface area contributed by atoms with Gasteiger partial charge in [-0.1, -0.05) is 40.2 Å². The molecule has 2 unspecified atom stereocenters. The van der Waals surface area contributed by atoms with Crippen LogP contribution in [-0.4, -0.2) is 17.9 Å². The fourth-order valence-corrected chi connectivity index (χ4v) is 1.97. The van der Waals surface area contributed by atoms with Gasteiger partial charge in [0.25, 0.3) is 0 Å². The lowest BCUT2D eigenvalue weighted by molar-refractivity contribution is -0.116. The fourth-order valence-electron chi connectivity index (χ4n) is 1.97. The van der Waals surface area contributed by atoms with Crippen molar-refractivity contribution in [2.75, 3.05) is 6.54 Å². The Morgan fingerprint density at radius 1 is 1.27 bits per heavy atom. The molecule has 0 spiro atoms. The summed E-state index contributed by atoms with van der Waals surface area (Å²) in [5, 5.41) is 0. The summed E-state index contributed by atoms with van der Waals surface area (Å²) in [5.41, 5.74) is 0. The quantitative estimate of drug-likeness (QED) is 0.535. The maximum absolute atomic E-state index is 10.5. The molecule has 0 fully saturated rings. The molecule has 2 nitrogen and oxygen atoms in total. The van der Waals surface area contributed by atoms with Gasteiger partial charge >= 0.3 is 0 Å². The van der Waals surface area contributed by atoms with Crippen molar-refractivity contribution in [3.8, 4) is 0 Å². The van der Waals surface area contributed by atoms with E-state index in [1.165, 1.54) is 19.3 Å². The number of hydrogen-bond donors (Lipinski definition) is 0. The van der Waals surface area contributed by atoms with Gasteiger partial charge in [0, 0.05) is 6.54 Å². The zero-order valence-corrected chi connectivity index (χ0v) is 10.4. The molecular weight excluding hydrogens is 186 g/mol. The minimum Gasteiger partial charge on any atom is -0.322 e. The summed E-state index contributed by atoms with van der Waals surface area (Å²) >= 11 is 0. The minimum atomic E-state index is 0.689. The van der Waals surface area contributed by atoms with E-state index in [2.05, 4.69) is 27.4 Å². The summed E-state index contributed by atoms with van der Waals surface area (Å²) < 4.78 is 0. The van der Waals surface area contributed by atoms with Gasteiger partial charge in [-0.05, 0) is 30.9 Å². The number of rotatable bonds is 9. The zero-order chi connectivity index (χ0) is 11.7. The third-order valence-electron chi connectivity index (χ3n) is 2.84. The Morgan fingerprint density at radius 3 is 2.33 bits per heavy atom. The predicted molar refractivity (Wildman–Crippen MR) is 65.4 cm³/mol. The highest BCUT2D eigenvalue weighted by Gasteiger charge is 2.09. The van der Waals surface area contributed by atoms with Crippen molar-refractivity contribution in [2.45, 2.75) is 46.5 Å². The van der Waals surface area contributed by atoms with Crippen LogP contribution in [-0.2, 0) is 4.79 Å². The predicted octanol–water partition coefficient (Wildman–Crippen LogP) is 3.44. The van der Waals surface area contributed by atoms with Crippen molar-refractivity contribution in [3.63, 3.8) is 0 Å². The van der Waals surface area contributed by atoms with Crippen LogP contribution in [0.2, 0.25) is 0 Å². The van der Waals surface area contributed by atoms with Crippen LogP contribution < -0.4 is 0 Å². The molecule has 0 radical (unpaired) electrons. The van der Waals surface area contributed by atoms with Gasteiger partial charge < -0.3 is 4.90 Å². The van der Waals surface area contributed by atoms with E-state index in [0.717, 1.165) is 25.3 Å². The number of amides is 1. The highest BCUT2D eigenvalue weighted by molar-refractivity contribution is 5.48. The summed E-state index contributed by atoms with van der Waals surface area (Å²) in [6.07, 6.45) is 7.34. The average molecular weight is 211 g/mol. The minimum absolute atomic E-state index is 0.689. The van der Waals surface area contributed by atoms with E-state index in [-0.39, 0.29) is 0 Å². The van der Waals surface area contributed by atoms with Gasteiger partial charge in [-0.25, -0.2) is 0 Å². The number of carbonyl (C=O) groups is 1. The molecule has 0 saturated carbocycles. The third-order valence-corrected chi connectivity index (χ3v) is 2.84. The molecule has 0 aliphatic carbocycles. The molecule has 2 atom stereocenters. The monoisotopic (exact) mass is 211 g/mol. The first kappa shape index (κ1) is 14.2. The molecule has 0 rings (SSSR count). The average Bonchev–Trinajstić information content (AvgIpc) is 2.19. The standard InChI is InChI=1S/C13H25NO/c1-5-7-12(3)10-13(4)8-9-14(6-2)11-15/h6,11-13H,2,5,7-10H2,1,3-4H3. The van der Waals surface area contributed by atoms with Crippen molar-refractivity contribution in [3.05, 3.63) is 12.8 Å². The van der Waals surface area contributed by atoms with E-state index < -0.39 is 0 Å². The normalized spacial score (nSPS) is 14.3. The largest absolute Gasteiger partial charge is 0.322 e. The molecule has 0 aliphatic rings. The smallest absolute Gasteiger partial charge is 0.213 e. The molecule has 1 amide bonds. The van der Waals surface area contributed by atoms with Gasteiger partial charge in [-0.15, -0.1) is 0 Å². The molecule has 15 heavy (non-hydrogen) atoms. The van der Waals surface area contributed by atoms with E-state index in [9.17, 15) is 4.79 Å². The topological polar surface area (TPSA) is 20.3 Å². The van der Waals surface area contributed by atoms with Crippen molar-refractivity contribution < 1.29 is 4.79 Å². The molecule has 0 aliphatic heterocycles. The van der Waals surface area contributed by atoms with Crippen LogP contribution in [0.15, 0.2) is 12.8 Å². The summed E-state index contributed by atoms with van der Waals surface area (Å²) in [5.74, 6) is 1.49. The summed E-state index contributed by atoms with van der Waals surface area (Å²) in [7, 11) is 0. The number of hydrogen-bond acceptors (Lipinski definition) is 1. The SMILES string of the molecule is C=CN(C=O)CCC(C)CC(C)CCC. The van der Waals surface area contributed by atoms with E-state index in [1.54, 1.807) is 11.1 Å².